The van der Waals surface area contributed by atoms with Crippen molar-refractivity contribution in [2.75, 3.05) is 0 Å². The van der Waals surface area contributed by atoms with Gasteiger partial charge in [0.25, 0.3) is 0 Å². The van der Waals surface area contributed by atoms with Gasteiger partial charge in [-0.05, 0) is 97.7 Å². The smallest absolute Gasteiger partial charge is 0.306 e. The van der Waals surface area contributed by atoms with Crippen LogP contribution in [0, 0.1) is 46.3 Å². The first-order chi connectivity index (χ1) is 23.7. The van der Waals surface area contributed by atoms with Gasteiger partial charge in [0, 0.05) is 12.8 Å². The van der Waals surface area contributed by atoms with E-state index in [-0.39, 0.29) is 12.1 Å². The highest BCUT2D eigenvalue weighted by atomic mass is 16.5. The molecule has 0 spiro atoms. The molecule has 2 heteroatoms. The molecule has 0 N–H and O–H groups in total. The summed E-state index contributed by atoms with van der Waals surface area (Å²) in [5, 5.41) is 0. The quantitative estimate of drug-likeness (QED) is 0.0576. The van der Waals surface area contributed by atoms with Crippen LogP contribution in [-0.4, -0.2) is 12.1 Å². The van der Waals surface area contributed by atoms with Gasteiger partial charge in [-0.1, -0.05) is 175 Å². The Morgan fingerprint density at radius 2 is 1.31 bits per heavy atom. The maximum atomic E-state index is 12.8. The summed E-state index contributed by atoms with van der Waals surface area (Å²) >= 11 is 0. The Morgan fingerprint density at radius 3 is 1.90 bits per heavy atom. The van der Waals surface area contributed by atoms with Crippen molar-refractivity contribution >= 4 is 5.97 Å². The summed E-state index contributed by atoms with van der Waals surface area (Å²) in [5.74, 6) is 5.34. The average molecular weight is 681 g/mol. The standard InChI is InChI=1S/C47H84O2/c1-7-8-9-10-11-12-13-14-15-16-17-18-19-20-21-22-23-27-45(48)49-40-32-34-46(5)39(36-40)28-29-41-43-31-30-42(38(4)26-24-25-37(2)3)47(43,6)35-33-44(41)46/h28,37-38,40-44H,7-27,29-36H2,1-6H3. The predicted octanol–water partition coefficient (Wildman–Crippen LogP) is 15.0. The van der Waals surface area contributed by atoms with Crippen LogP contribution >= 0.6 is 0 Å². The van der Waals surface area contributed by atoms with Crippen molar-refractivity contribution in [3.05, 3.63) is 11.6 Å². The third-order valence-corrected chi connectivity index (χ3v) is 15.0. The molecule has 3 fully saturated rings. The Labute approximate surface area is 306 Å². The molecule has 4 aliphatic carbocycles. The van der Waals surface area contributed by atoms with Crippen LogP contribution in [0.4, 0.5) is 0 Å². The molecule has 0 radical (unpaired) electrons. The van der Waals surface area contributed by atoms with E-state index in [2.05, 4.69) is 47.6 Å². The number of unbranched alkanes of at least 4 members (excludes halogenated alkanes) is 16. The van der Waals surface area contributed by atoms with Gasteiger partial charge >= 0.3 is 5.97 Å². The zero-order valence-electron chi connectivity index (χ0n) is 33.9. The van der Waals surface area contributed by atoms with Crippen molar-refractivity contribution in [1.82, 2.24) is 0 Å². The summed E-state index contributed by atoms with van der Waals surface area (Å²) in [6, 6.07) is 0. The minimum Gasteiger partial charge on any atom is -0.462 e. The number of carbonyl (C=O) groups is 1. The number of fused-ring (bicyclic) bond motifs is 5. The van der Waals surface area contributed by atoms with Gasteiger partial charge in [-0.2, -0.15) is 0 Å². The predicted molar refractivity (Wildman–Crippen MR) is 212 cm³/mol. The minimum absolute atomic E-state index is 0.0665. The van der Waals surface area contributed by atoms with Crippen molar-refractivity contribution in [3.63, 3.8) is 0 Å². The molecule has 8 atom stereocenters. The van der Waals surface area contributed by atoms with Gasteiger partial charge in [-0.15, -0.1) is 0 Å². The molecule has 4 rings (SSSR count). The number of allylic oxidation sites excluding steroid dienone is 1. The summed E-state index contributed by atoms with van der Waals surface area (Å²) in [6.45, 7) is 15.0. The van der Waals surface area contributed by atoms with Crippen molar-refractivity contribution < 1.29 is 9.53 Å². The number of hydrogen-bond acceptors (Lipinski definition) is 2. The fraction of sp³-hybridized carbons (Fsp3) is 0.936. The van der Waals surface area contributed by atoms with E-state index >= 15 is 0 Å². The second-order valence-corrected chi connectivity index (χ2v) is 19.1. The lowest BCUT2D eigenvalue weighted by atomic mass is 9.47. The van der Waals surface area contributed by atoms with Crippen LogP contribution in [0.1, 0.15) is 228 Å². The minimum atomic E-state index is 0.0665. The molecule has 0 aromatic rings. The molecule has 2 nitrogen and oxygen atoms in total. The van der Waals surface area contributed by atoms with Crippen LogP contribution < -0.4 is 0 Å². The number of hydrogen-bond donors (Lipinski definition) is 0. The summed E-state index contributed by atoms with van der Waals surface area (Å²) < 4.78 is 6.14. The van der Waals surface area contributed by atoms with Crippen molar-refractivity contribution in [2.45, 2.75) is 234 Å². The van der Waals surface area contributed by atoms with Crippen LogP contribution in [0.3, 0.4) is 0 Å². The fourth-order valence-electron chi connectivity index (χ4n) is 12.0. The zero-order valence-corrected chi connectivity index (χ0v) is 33.9. The summed E-state index contributed by atoms with van der Waals surface area (Å²) in [4.78, 5) is 12.8. The van der Waals surface area contributed by atoms with Crippen LogP contribution in [0.2, 0.25) is 0 Å². The normalized spacial score (nSPS) is 31.6. The summed E-state index contributed by atoms with van der Waals surface area (Å²) in [7, 11) is 0. The molecule has 8 unspecified atom stereocenters. The lowest BCUT2D eigenvalue weighted by molar-refractivity contribution is -0.151. The average Bonchev–Trinajstić information content (AvgIpc) is 3.43. The van der Waals surface area contributed by atoms with E-state index in [9.17, 15) is 4.79 Å². The van der Waals surface area contributed by atoms with Gasteiger partial charge < -0.3 is 4.74 Å². The Morgan fingerprint density at radius 1 is 0.714 bits per heavy atom. The Kier molecular flexibility index (Phi) is 17.6. The van der Waals surface area contributed by atoms with Gasteiger partial charge in [-0.25, -0.2) is 0 Å². The van der Waals surface area contributed by atoms with E-state index < -0.39 is 0 Å². The van der Waals surface area contributed by atoms with Gasteiger partial charge in [0.1, 0.15) is 6.10 Å². The topological polar surface area (TPSA) is 26.3 Å². The van der Waals surface area contributed by atoms with Crippen LogP contribution in [0.15, 0.2) is 11.6 Å². The van der Waals surface area contributed by atoms with E-state index in [4.69, 9.17) is 4.74 Å². The summed E-state index contributed by atoms with van der Waals surface area (Å²) in [5.41, 5.74) is 2.54. The number of ether oxygens (including phenoxy) is 1. The van der Waals surface area contributed by atoms with Crippen molar-refractivity contribution in [2.24, 2.45) is 46.3 Å². The Hall–Kier alpha value is -0.790. The maximum Gasteiger partial charge on any atom is 0.306 e. The fourth-order valence-corrected chi connectivity index (χ4v) is 12.0. The highest BCUT2D eigenvalue weighted by Gasteiger charge is 2.59. The first kappa shape index (κ1) is 41.0. The molecule has 0 amide bonds. The first-order valence-corrected chi connectivity index (χ1v) is 22.6. The molecule has 0 saturated heterocycles. The lowest BCUT2D eigenvalue weighted by Crippen LogP contribution is -2.51. The number of esters is 1. The molecule has 284 valence electrons. The third-order valence-electron chi connectivity index (χ3n) is 15.0. The maximum absolute atomic E-state index is 12.8. The second-order valence-electron chi connectivity index (χ2n) is 19.1. The van der Waals surface area contributed by atoms with Crippen LogP contribution in [0.25, 0.3) is 0 Å². The van der Waals surface area contributed by atoms with E-state index in [1.54, 1.807) is 5.57 Å². The molecule has 0 aromatic carbocycles. The Balaban J connectivity index is 1.07. The van der Waals surface area contributed by atoms with Crippen LogP contribution in [-0.2, 0) is 9.53 Å². The largest absolute Gasteiger partial charge is 0.462 e. The Bertz CT molecular complexity index is 965. The van der Waals surface area contributed by atoms with E-state index in [0.29, 0.717) is 17.3 Å². The highest BCUT2D eigenvalue weighted by molar-refractivity contribution is 5.69. The molecule has 0 aliphatic heterocycles. The molecular weight excluding hydrogens is 597 g/mol. The summed E-state index contributed by atoms with van der Waals surface area (Å²) in [6.07, 6.45) is 41.3. The van der Waals surface area contributed by atoms with E-state index in [0.717, 1.165) is 54.8 Å². The van der Waals surface area contributed by atoms with E-state index in [1.165, 1.54) is 161 Å². The van der Waals surface area contributed by atoms with Crippen LogP contribution in [0.5, 0.6) is 0 Å². The third kappa shape index (κ3) is 11.9. The zero-order chi connectivity index (χ0) is 35.1. The van der Waals surface area contributed by atoms with Crippen molar-refractivity contribution in [1.29, 1.82) is 0 Å². The molecule has 3 saturated carbocycles. The monoisotopic (exact) mass is 681 g/mol. The van der Waals surface area contributed by atoms with Crippen molar-refractivity contribution in [3.8, 4) is 0 Å². The molecular formula is C47H84O2. The van der Waals surface area contributed by atoms with Gasteiger partial charge in [0.15, 0.2) is 0 Å². The van der Waals surface area contributed by atoms with Gasteiger partial charge in [0.05, 0.1) is 0 Å². The molecule has 0 bridgehead atoms. The second kappa shape index (κ2) is 21.0. The molecule has 4 aliphatic rings. The molecule has 0 heterocycles. The van der Waals surface area contributed by atoms with Gasteiger partial charge in [0.2, 0.25) is 0 Å². The molecule has 49 heavy (non-hydrogen) atoms. The first-order valence-electron chi connectivity index (χ1n) is 22.6. The van der Waals surface area contributed by atoms with Gasteiger partial charge in [-0.3, -0.25) is 4.79 Å². The SMILES string of the molecule is CCCCCCCCCCCCCCCCCCCC(=O)OC1CCC2(C)C(=CCC3C2CCC2(C)C(C(C)CCCC(C)C)CCC32)C1. The number of rotatable bonds is 24. The molecule has 0 aromatic heterocycles. The lowest BCUT2D eigenvalue weighted by Gasteiger charge is -2.58. The number of carbonyl (C=O) groups excluding carboxylic acids is 1. The van der Waals surface area contributed by atoms with E-state index in [1.807, 2.05) is 0 Å². The highest BCUT2D eigenvalue weighted by Crippen LogP contribution is 2.67.